The van der Waals surface area contributed by atoms with Gasteiger partial charge in [-0.25, -0.2) is 0 Å². The lowest BCUT2D eigenvalue weighted by molar-refractivity contribution is -0.134. The van der Waals surface area contributed by atoms with E-state index in [9.17, 15) is 4.79 Å². The second-order valence-electron chi connectivity index (χ2n) is 2.33. The van der Waals surface area contributed by atoms with Crippen molar-refractivity contribution in [3.05, 3.63) is 29.8 Å². The number of rotatable bonds is 5. The zero-order valence-electron chi connectivity index (χ0n) is 6.97. The summed E-state index contributed by atoms with van der Waals surface area (Å²) < 4.78 is 9.35. The van der Waals surface area contributed by atoms with Gasteiger partial charge in [-0.2, -0.15) is 0 Å². The van der Waals surface area contributed by atoms with Crippen LogP contribution in [0.3, 0.4) is 0 Å². The molecule has 1 N–H and O–H groups in total. The Morgan fingerprint density at radius 3 is 2.54 bits per heavy atom. The molecule has 0 aliphatic heterocycles. The second kappa shape index (κ2) is 5.16. The molecule has 0 atom stereocenters. The van der Waals surface area contributed by atoms with Crippen molar-refractivity contribution in [2.45, 2.75) is 6.61 Å². The van der Waals surface area contributed by atoms with Gasteiger partial charge in [0.15, 0.2) is 0 Å². The number of carbonyl (C=O) groups excluding carboxylic acids is 1. The largest absolute Gasteiger partial charge is 0.457 e. The molecule has 0 aliphatic carbocycles. The van der Waals surface area contributed by atoms with Crippen LogP contribution in [-0.4, -0.2) is 18.4 Å². The lowest BCUT2D eigenvalue weighted by atomic mass is 10.2. The number of carbonyl (C=O) groups is 1. The van der Waals surface area contributed by atoms with Crippen LogP contribution in [0.2, 0.25) is 0 Å². The molecule has 1 rings (SSSR count). The van der Waals surface area contributed by atoms with Crippen molar-refractivity contribution >= 4 is 6.47 Å². The fraction of sp³-hybridized carbons (Fsp3) is 0.222. The first-order valence-electron chi connectivity index (χ1n) is 3.74. The standard InChI is InChI=1S/C9H10O4/c10-5-8-1-3-9(4-2-8)13-7-12-6-11/h1-4,6,10H,5,7H2. The Labute approximate surface area is 75.7 Å². The molecule has 4 heteroatoms. The van der Waals surface area contributed by atoms with E-state index in [-0.39, 0.29) is 13.4 Å². The van der Waals surface area contributed by atoms with Crippen molar-refractivity contribution in [2.24, 2.45) is 0 Å². The van der Waals surface area contributed by atoms with Gasteiger partial charge < -0.3 is 14.6 Å². The topological polar surface area (TPSA) is 55.8 Å². The minimum Gasteiger partial charge on any atom is -0.457 e. The molecule has 1 aromatic carbocycles. The van der Waals surface area contributed by atoms with Gasteiger partial charge in [-0.3, -0.25) is 4.79 Å². The zero-order chi connectivity index (χ0) is 9.52. The summed E-state index contributed by atoms with van der Waals surface area (Å²) in [5.41, 5.74) is 0.809. The Hall–Kier alpha value is -1.55. The molecule has 70 valence electrons. The Balaban J connectivity index is 2.44. The third-order valence-electron chi connectivity index (χ3n) is 1.47. The Morgan fingerprint density at radius 2 is 2.00 bits per heavy atom. The molecule has 0 spiro atoms. The van der Waals surface area contributed by atoms with Crippen LogP contribution in [0.25, 0.3) is 0 Å². The van der Waals surface area contributed by atoms with Gasteiger partial charge in [-0.1, -0.05) is 12.1 Å². The van der Waals surface area contributed by atoms with Gasteiger partial charge in [-0.15, -0.1) is 0 Å². The number of hydrogen-bond acceptors (Lipinski definition) is 4. The number of ether oxygens (including phenoxy) is 2. The SMILES string of the molecule is O=COCOc1ccc(CO)cc1. The van der Waals surface area contributed by atoms with Gasteiger partial charge in [0, 0.05) is 0 Å². The molecule has 0 heterocycles. The highest BCUT2D eigenvalue weighted by Gasteiger charge is 1.93. The summed E-state index contributed by atoms with van der Waals surface area (Å²) in [5.74, 6) is 0.596. The van der Waals surface area contributed by atoms with Crippen molar-refractivity contribution in [2.75, 3.05) is 6.79 Å². The van der Waals surface area contributed by atoms with Gasteiger partial charge >= 0.3 is 0 Å². The van der Waals surface area contributed by atoms with Gasteiger partial charge in [-0.05, 0) is 17.7 Å². The molecule has 4 nitrogen and oxygen atoms in total. The summed E-state index contributed by atoms with van der Waals surface area (Å²) in [4.78, 5) is 9.76. The van der Waals surface area contributed by atoms with E-state index < -0.39 is 0 Å². The lowest BCUT2D eigenvalue weighted by Gasteiger charge is -2.04. The van der Waals surface area contributed by atoms with E-state index in [4.69, 9.17) is 9.84 Å². The molecule has 0 amide bonds. The normalized spacial score (nSPS) is 9.31. The fourth-order valence-electron chi connectivity index (χ4n) is 0.821. The maximum Gasteiger partial charge on any atom is 0.295 e. The molecule has 0 saturated carbocycles. The van der Waals surface area contributed by atoms with Gasteiger partial charge in [0.1, 0.15) is 5.75 Å². The summed E-state index contributed by atoms with van der Waals surface area (Å²) in [6.07, 6.45) is 0. The molecule has 13 heavy (non-hydrogen) atoms. The maximum absolute atomic E-state index is 9.76. The number of aliphatic hydroxyl groups excluding tert-OH is 1. The summed E-state index contributed by atoms with van der Waals surface area (Å²) in [6, 6.07) is 6.85. The Kier molecular flexibility index (Phi) is 3.78. The monoisotopic (exact) mass is 182 g/mol. The van der Waals surface area contributed by atoms with Crippen molar-refractivity contribution in [3.63, 3.8) is 0 Å². The van der Waals surface area contributed by atoms with E-state index >= 15 is 0 Å². The zero-order valence-corrected chi connectivity index (χ0v) is 6.97. The average molecular weight is 182 g/mol. The van der Waals surface area contributed by atoms with Crippen LogP contribution in [-0.2, 0) is 16.1 Å². The number of benzene rings is 1. The van der Waals surface area contributed by atoms with Crippen LogP contribution >= 0.6 is 0 Å². The number of hydrogen-bond donors (Lipinski definition) is 1. The first-order valence-corrected chi connectivity index (χ1v) is 3.74. The van der Waals surface area contributed by atoms with Crippen molar-refractivity contribution in [3.8, 4) is 5.75 Å². The van der Waals surface area contributed by atoms with Crippen LogP contribution in [0.4, 0.5) is 0 Å². The molecular formula is C9H10O4. The summed E-state index contributed by atoms with van der Waals surface area (Å²) in [6.45, 7) is 0.231. The van der Waals surface area contributed by atoms with Crippen molar-refractivity contribution in [1.29, 1.82) is 0 Å². The van der Waals surface area contributed by atoms with Crippen LogP contribution in [0, 0.1) is 0 Å². The summed E-state index contributed by atoms with van der Waals surface area (Å²) in [7, 11) is 0. The Morgan fingerprint density at radius 1 is 1.31 bits per heavy atom. The minimum absolute atomic E-state index is 0.00508. The maximum atomic E-state index is 9.76. The minimum atomic E-state index is -0.0953. The molecule has 1 aromatic rings. The van der Waals surface area contributed by atoms with E-state index in [0.29, 0.717) is 12.2 Å². The number of aliphatic hydroxyl groups is 1. The highest BCUT2D eigenvalue weighted by Crippen LogP contribution is 2.11. The fourth-order valence-corrected chi connectivity index (χ4v) is 0.821. The second-order valence-corrected chi connectivity index (χ2v) is 2.33. The molecule has 0 bridgehead atoms. The first-order chi connectivity index (χ1) is 6.36. The van der Waals surface area contributed by atoms with E-state index in [1.165, 1.54) is 0 Å². The molecule has 0 aromatic heterocycles. The first kappa shape index (κ1) is 9.54. The molecule has 0 saturated heterocycles. The quantitative estimate of drug-likeness (QED) is 0.413. The van der Waals surface area contributed by atoms with Crippen molar-refractivity contribution in [1.82, 2.24) is 0 Å². The van der Waals surface area contributed by atoms with Crippen LogP contribution < -0.4 is 4.74 Å². The van der Waals surface area contributed by atoms with E-state index in [0.717, 1.165) is 5.56 Å². The molecule has 0 radical (unpaired) electrons. The van der Waals surface area contributed by atoms with Crippen molar-refractivity contribution < 1.29 is 19.4 Å². The van der Waals surface area contributed by atoms with Crippen LogP contribution in [0.1, 0.15) is 5.56 Å². The summed E-state index contributed by atoms with van der Waals surface area (Å²) >= 11 is 0. The molecular weight excluding hydrogens is 172 g/mol. The Bertz CT molecular complexity index is 255. The predicted molar refractivity (Wildman–Crippen MR) is 45.0 cm³/mol. The van der Waals surface area contributed by atoms with E-state index in [2.05, 4.69) is 4.74 Å². The highest BCUT2D eigenvalue weighted by molar-refractivity contribution is 5.36. The predicted octanol–water partition coefficient (Wildman–Crippen LogP) is 0.688. The third kappa shape index (κ3) is 3.13. The smallest absolute Gasteiger partial charge is 0.295 e. The molecule has 0 aliphatic rings. The highest BCUT2D eigenvalue weighted by atomic mass is 16.7. The average Bonchev–Trinajstić information content (AvgIpc) is 2.19. The van der Waals surface area contributed by atoms with E-state index in [1.54, 1.807) is 24.3 Å². The lowest BCUT2D eigenvalue weighted by Crippen LogP contribution is -2.00. The van der Waals surface area contributed by atoms with Gasteiger partial charge in [0.05, 0.1) is 6.61 Å². The van der Waals surface area contributed by atoms with Crippen LogP contribution in [0.5, 0.6) is 5.75 Å². The summed E-state index contributed by atoms with van der Waals surface area (Å²) in [5, 5.41) is 8.73. The third-order valence-corrected chi connectivity index (χ3v) is 1.47. The van der Waals surface area contributed by atoms with E-state index in [1.807, 2.05) is 0 Å². The molecule has 0 unspecified atom stereocenters. The molecule has 0 fully saturated rings. The van der Waals surface area contributed by atoms with Crippen LogP contribution in [0.15, 0.2) is 24.3 Å². The van der Waals surface area contributed by atoms with Gasteiger partial charge in [0.2, 0.25) is 6.79 Å². The van der Waals surface area contributed by atoms with Gasteiger partial charge in [0.25, 0.3) is 6.47 Å².